The van der Waals surface area contributed by atoms with Crippen molar-refractivity contribution in [2.75, 3.05) is 0 Å². The van der Waals surface area contributed by atoms with E-state index in [1.807, 2.05) is 72.8 Å². The molecule has 0 radical (unpaired) electrons. The number of benzene rings is 9. The fraction of sp³-hybridized carbons (Fsp3) is 0. The summed E-state index contributed by atoms with van der Waals surface area (Å²) in [5.41, 5.74) is 13.5. The van der Waals surface area contributed by atoms with Crippen LogP contribution in [0.1, 0.15) is 0 Å². The van der Waals surface area contributed by atoms with Crippen LogP contribution >= 0.6 is 0 Å². The van der Waals surface area contributed by atoms with Gasteiger partial charge in [-0.05, 0) is 65.2 Å². The molecular weight excluding hydrogens is 773 g/mol. The average molecular weight is 807 g/mol. The summed E-state index contributed by atoms with van der Waals surface area (Å²) in [5, 5.41) is 6.59. The van der Waals surface area contributed by atoms with Crippen molar-refractivity contribution < 1.29 is 8.83 Å². The molecule has 0 amide bonds. The van der Waals surface area contributed by atoms with Crippen molar-refractivity contribution in [3.63, 3.8) is 0 Å². The maximum atomic E-state index is 6.89. The van der Waals surface area contributed by atoms with Gasteiger partial charge in [-0.1, -0.05) is 158 Å². The zero-order valence-corrected chi connectivity index (χ0v) is 33.7. The van der Waals surface area contributed by atoms with Gasteiger partial charge in [0.2, 0.25) is 0 Å². The first-order valence-corrected chi connectivity index (χ1v) is 21.1. The highest BCUT2D eigenvalue weighted by atomic mass is 16.3. The molecule has 13 rings (SSSR count). The first-order chi connectivity index (χ1) is 31.2. The van der Waals surface area contributed by atoms with Gasteiger partial charge in [0, 0.05) is 49.2 Å². The lowest BCUT2D eigenvalue weighted by molar-refractivity contribution is 0.668. The number of furan rings is 2. The minimum atomic E-state index is 0.598. The molecular formula is C57H34N4O2. The number of aromatic nitrogens is 4. The van der Waals surface area contributed by atoms with E-state index in [-0.39, 0.29) is 0 Å². The Bertz CT molecular complexity index is 3810. The Morgan fingerprint density at radius 2 is 0.762 bits per heavy atom. The van der Waals surface area contributed by atoms with Crippen LogP contribution in [-0.4, -0.2) is 19.5 Å². The third-order valence-corrected chi connectivity index (χ3v) is 12.3. The average Bonchev–Trinajstić information content (AvgIpc) is 4.04. The maximum Gasteiger partial charge on any atom is 0.164 e. The molecule has 6 heteroatoms. The summed E-state index contributed by atoms with van der Waals surface area (Å²) in [6.45, 7) is 0. The van der Waals surface area contributed by atoms with E-state index in [1.165, 1.54) is 10.8 Å². The van der Waals surface area contributed by atoms with Crippen molar-refractivity contribution in [2.24, 2.45) is 0 Å². The zero-order chi connectivity index (χ0) is 41.4. The van der Waals surface area contributed by atoms with Gasteiger partial charge in [0.15, 0.2) is 17.5 Å². The number of nitrogens with zero attached hydrogens (tertiary/aromatic N) is 4. The molecule has 0 bridgehead atoms. The lowest BCUT2D eigenvalue weighted by Gasteiger charge is -2.17. The molecule has 0 saturated carbocycles. The number of para-hydroxylation sites is 3. The zero-order valence-electron chi connectivity index (χ0n) is 33.7. The molecule has 6 nitrogen and oxygen atoms in total. The van der Waals surface area contributed by atoms with Gasteiger partial charge in [-0.25, -0.2) is 15.0 Å². The molecule has 0 aliphatic carbocycles. The van der Waals surface area contributed by atoms with Gasteiger partial charge in [0.25, 0.3) is 0 Å². The Morgan fingerprint density at radius 3 is 1.43 bits per heavy atom. The lowest BCUT2D eigenvalue weighted by Crippen LogP contribution is -2.01. The van der Waals surface area contributed by atoms with Crippen LogP contribution in [0.5, 0.6) is 0 Å². The van der Waals surface area contributed by atoms with E-state index in [9.17, 15) is 0 Å². The van der Waals surface area contributed by atoms with Crippen molar-refractivity contribution in [1.82, 2.24) is 19.5 Å². The van der Waals surface area contributed by atoms with Crippen LogP contribution in [0.3, 0.4) is 0 Å². The van der Waals surface area contributed by atoms with Gasteiger partial charge in [0.05, 0.1) is 22.1 Å². The molecule has 0 saturated heterocycles. The predicted molar refractivity (Wildman–Crippen MR) is 256 cm³/mol. The second-order valence-electron chi connectivity index (χ2n) is 15.9. The monoisotopic (exact) mass is 806 g/mol. The molecule has 0 spiro atoms. The fourth-order valence-electron chi connectivity index (χ4n) is 9.51. The van der Waals surface area contributed by atoms with E-state index in [0.29, 0.717) is 17.5 Å². The summed E-state index contributed by atoms with van der Waals surface area (Å²) in [4.78, 5) is 15.2. The van der Waals surface area contributed by atoms with E-state index in [4.69, 9.17) is 23.8 Å². The summed E-state index contributed by atoms with van der Waals surface area (Å²) in [7, 11) is 0. The summed E-state index contributed by atoms with van der Waals surface area (Å²) in [6.07, 6.45) is 0. The molecule has 13 aromatic rings. The SMILES string of the molecule is c1ccc(-c2nc(-c3ccccc3)nc(-c3cccc(-c4ccc5oc6cccc(-c7cccc8oc9ccccc9c78)c6c5c4-n4c5ccccc5c5ccccc54)c3)n2)cc1. The Morgan fingerprint density at radius 1 is 0.302 bits per heavy atom. The quantitative estimate of drug-likeness (QED) is 0.167. The third-order valence-electron chi connectivity index (χ3n) is 12.3. The standard InChI is InChI=1S/C57H34N4O2/c1-3-16-35(17-4-1)55-58-56(36-18-5-2-6-19-36)60-57(59-55)38-21-13-20-37(34-38)39-32-33-50-53(54(39)61-45-27-10-7-22-40(45)41-23-8-11-28-46(41)61)52-43(26-15-31-49(52)63-50)42-25-14-30-48-51(42)44-24-9-12-29-47(44)62-48/h1-34H. The molecule has 0 aliphatic rings. The largest absolute Gasteiger partial charge is 0.456 e. The maximum absolute atomic E-state index is 6.89. The molecule has 4 aromatic heterocycles. The highest BCUT2D eigenvalue weighted by Gasteiger charge is 2.25. The van der Waals surface area contributed by atoms with E-state index in [0.717, 1.165) is 99.5 Å². The van der Waals surface area contributed by atoms with E-state index in [2.05, 4.69) is 138 Å². The second kappa shape index (κ2) is 14.0. The first-order valence-electron chi connectivity index (χ1n) is 21.1. The molecule has 4 heterocycles. The lowest BCUT2D eigenvalue weighted by atomic mass is 9.93. The minimum Gasteiger partial charge on any atom is -0.456 e. The van der Waals surface area contributed by atoms with Crippen molar-refractivity contribution in [3.8, 4) is 62.1 Å². The van der Waals surface area contributed by atoms with Gasteiger partial charge in [0.1, 0.15) is 22.3 Å². The smallest absolute Gasteiger partial charge is 0.164 e. The molecule has 0 N–H and O–H groups in total. The van der Waals surface area contributed by atoms with Gasteiger partial charge in [-0.15, -0.1) is 0 Å². The van der Waals surface area contributed by atoms with E-state index in [1.54, 1.807) is 0 Å². The number of rotatable bonds is 6. The predicted octanol–water partition coefficient (Wildman–Crippen LogP) is 15.1. The van der Waals surface area contributed by atoms with Crippen LogP contribution in [0.25, 0.3) is 128 Å². The highest BCUT2D eigenvalue weighted by Crippen LogP contribution is 2.48. The van der Waals surface area contributed by atoms with Crippen LogP contribution in [-0.2, 0) is 0 Å². The van der Waals surface area contributed by atoms with Crippen molar-refractivity contribution in [3.05, 3.63) is 206 Å². The van der Waals surface area contributed by atoms with Crippen molar-refractivity contribution >= 4 is 65.7 Å². The number of hydrogen-bond donors (Lipinski definition) is 0. The first kappa shape index (κ1) is 35.2. The van der Waals surface area contributed by atoms with Gasteiger partial charge in [-0.2, -0.15) is 0 Å². The summed E-state index contributed by atoms with van der Waals surface area (Å²) in [6, 6.07) is 71.5. The Hall–Kier alpha value is -8.61. The molecule has 294 valence electrons. The molecule has 63 heavy (non-hydrogen) atoms. The van der Waals surface area contributed by atoms with Crippen LogP contribution in [0.2, 0.25) is 0 Å². The summed E-state index contributed by atoms with van der Waals surface area (Å²) < 4.78 is 15.7. The topological polar surface area (TPSA) is 69.9 Å². The normalized spacial score (nSPS) is 11.8. The molecule has 0 atom stereocenters. The van der Waals surface area contributed by atoms with Gasteiger partial charge in [-0.3, -0.25) is 0 Å². The summed E-state index contributed by atoms with van der Waals surface area (Å²) in [5.74, 6) is 1.84. The Balaban J connectivity index is 1.12. The van der Waals surface area contributed by atoms with Gasteiger partial charge >= 0.3 is 0 Å². The van der Waals surface area contributed by atoms with Gasteiger partial charge < -0.3 is 13.4 Å². The summed E-state index contributed by atoms with van der Waals surface area (Å²) >= 11 is 0. The Labute approximate surface area is 361 Å². The molecule has 0 unspecified atom stereocenters. The second-order valence-corrected chi connectivity index (χ2v) is 15.9. The van der Waals surface area contributed by atoms with Crippen LogP contribution < -0.4 is 0 Å². The minimum absolute atomic E-state index is 0.598. The molecule has 9 aromatic carbocycles. The van der Waals surface area contributed by atoms with Crippen LogP contribution in [0.4, 0.5) is 0 Å². The van der Waals surface area contributed by atoms with E-state index >= 15 is 0 Å². The number of fused-ring (bicyclic) bond motifs is 9. The Kier molecular flexibility index (Phi) is 7.80. The van der Waals surface area contributed by atoms with Crippen LogP contribution in [0, 0.1) is 0 Å². The molecule has 0 aliphatic heterocycles. The number of hydrogen-bond acceptors (Lipinski definition) is 5. The van der Waals surface area contributed by atoms with Crippen molar-refractivity contribution in [2.45, 2.75) is 0 Å². The molecule has 0 fully saturated rings. The fourth-order valence-corrected chi connectivity index (χ4v) is 9.51. The van der Waals surface area contributed by atoms with Crippen LogP contribution in [0.15, 0.2) is 215 Å². The highest BCUT2D eigenvalue weighted by molar-refractivity contribution is 6.23. The third kappa shape index (κ3) is 5.55. The van der Waals surface area contributed by atoms with E-state index < -0.39 is 0 Å². The van der Waals surface area contributed by atoms with Crippen molar-refractivity contribution in [1.29, 1.82) is 0 Å².